The van der Waals surface area contributed by atoms with Gasteiger partial charge in [-0.25, -0.2) is 0 Å². The van der Waals surface area contributed by atoms with Gasteiger partial charge in [0, 0.05) is 24.8 Å². The number of methoxy groups -OCH3 is 1. The van der Waals surface area contributed by atoms with E-state index < -0.39 is 0 Å². The monoisotopic (exact) mass is 329 g/mol. The quantitative estimate of drug-likeness (QED) is 0.859. The zero-order valence-electron chi connectivity index (χ0n) is 14.0. The van der Waals surface area contributed by atoms with Crippen LogP contribution < -0.4 is 4.74 Å². The average Bonchev–Trinajstić information content (AvgIpc) is 3.31. The van der Waals surface area contributed by atoms with Crippen molar-refractivity contribution in [1.29, 1.82) is 0 Å². The summed E-state index contributed by atoms with van der Waals surface area (Å²) in [6, 6.07) is 8.56. The van der Waals surface area contributed by atoms with E-state index in [1.54, 1.807) is 7.11 Å². The van der Waals surface area contributed by atoms with Gasteiger partial charge in [-0.05, 0) is 44.4 Å². The molecule has 0 radical (unpaired) electrons. The van der Waals surface area contributed by atoms with Crippen molar-refractivity contribution in [3.05, 3.63) is 30.2 Å². The summed E-state index contributed by atoms with van der Waals surface area (Å²) in [7, 11) is 1.66. The Morgan fingerprint density at radius 2 is 2.08 bits per heavy atom. The maximum Gasteiger partial charge on any atom is 0.244 e. The van der Waals surface area contributed by atoms with E-state index in [-0.39, 0.29) is 6.04 Å². The van der Waals surface area contributed by atoms with Crippen molar-refractivity contribution >= 4 is 0 Å². The first-order chi connectivity index (χ1) is 11.8. The van der Waals surface area contributed by atoms with Gasteiger partial charge in [0.05, 0.1) is 13.2 Å². The highest BCUT2D eigenvalue weighted by molar-refractivity contribution is 5.56. The van der Waals surface area contributed by atoms with Crippen LogP contribution in [0.15, 0.2) is 28.8 Å². The van der Waals surface area contributed by atoms with Crippen molar-refractivity contribution in [2.45, 2.75) is 37.8 Å². The first-order valence-electron chi connectivity index (χ1n) is 8.66. The van der Waals surface area contributed by atoms with E-state index in [1.165, 1.54) is 6.42 Å². The number of rotatable bonds is 4. The lowest BCUT2D eigenvalue weighted by atomic mass is 10.1. The summed E-state index contributed by atoms with van der Waals surface area (Å²) in [6.45, 7) is 2.81. The predicted molar refractivity (Wildman–Crippen MR) is 88.8 cm³/mol. The SMILES string of the molecule is COc1cccc(-c2noc([C@@H]3CCCN3C3CCOCC3)n2)c1. The summed E-state index contributed by atoms with van der Waals surface area (Å²) < 4.78 is 16.4. The molecule has 0 unspecified atom stereocenters. The van der Waals surface area contributed by atoms with E-state index in [1.807, 2.05) is 24.3 Å². The van der Waals surface area contributed by atoms with Crippen LogP contribution in [-0.4, -0.2) is 48.0 Å². The Labute approximate surface area is 141 Å². The molecule has 0 aliphatic carbocycles. The van der Waals surface area contributed by atoms with E-state index in [4.69, 9.17) is 14.0 Å². The molecule has 24 heavy (non-hydrogen) atoms. The second-order valence-electron chi connectivity index (χ2n) is 6.43. The van der Waals surface area contributed by atoms with Gasteiger partial charge in [0.2, 0.25) is 11.7 Å². The fourth-order valence-corrected chi connectivity index (χ4v) is 3.76. The lowest BCUT2D eigenvalue weighted by Gasteiger charge is -2.33. The van der Waals surface area contributed by atoms with Gasteiger partial charge in [0.15, 0.2) is 0 Å². The van der Waals surface area contributed by atoms with Crippen LogP contribution in [0.1, 0.15) is 37.6 Å². The van der Waals surface area contributed by atoms with E-state index in [0.717, 1.165) is 56.2 Å². The fourth-order valence-electron chi connectivity index (χ4n) is 3.76. The highest BCUT2D eigenvalue weighted by Crippen LogP contribution is 2.36. The van der Waals surface area contributed by atoms with Gasteiger partial charge in [-0.3, -0.25) is 4.90 Å². The highest BCUT2D eigenvalue weighted by Gasteiger charge is 2.36. The van der Waals surface area contributed by atoms with Crippen LogP contribution in [0.3, 0.4) is 0 Å². The van der Waals surface area contributed by atoms with Gasteiger partial charge in [0.1, 0.15) is 5.75 Å². The molecule has 1 atom stereocenters. The molecule has 4 rings (SSSR count). The number of benzene rings is 1. The van der Waals surface area contributed by atoms with Crippen LogP contribution in [0.25, 0.3) is 11.4 Å². The summed E-state index contributed by atoms with van der Waals surface area (Å²) >= 11 is 0. The standard InChI is InChI=1S/C18H23N3O3/c1-22-15-5-2-4-13(12-15)17-19-18(24-20-17)16-6-3-9-21(16)14-7-10-23-11-8-14/h2,4-5,12,14,16H,3,6-11H2,1H3/t16-/m0/s1. The van der Waals surface area contributed by atoms with Crippen LogP contribution in [0.2, 0.25) is 0 Å². The molecule has 0 bridgehead atoms. The maximum atomic E-state index is 5.62. The molecule has 1 aromatic heterocycles. The second-order valence-corrected chi connectivity index (χ2v) is 6.43. The third-order valence-electron chi connectivity index (χ3n) is 5.01. The summed E-state index contributed by atoms with van der Waals surface area (Å²) in [5.74, 6) is 2.16. The number of nitrogens with zero attached hydrogens (tertiary/aromatic N) is 3. The fraction of sp³-hybridized carbons (Fsp3) is 0.556. The molecule has 0 N–H and O–H groups in total. The van der Waals surface area contributed by atoms with E-state index >= 15 is 0 Å². The smallest absolute Gasteiger partial charge is 0.244 e. The number of aromatic nitrogens is 2. The third-order valence-corrected chi connectivity index (χ3v) is 5.01. The molecule has 2 saturated heterocycles. The minimum absolute atomic E-state index is 0.236. The molecule has 0 saturated carbocycles. The van der Waals surface area contributed by atoms with Crippen LogP contribution in [0, 0.1) is 0 Å². The zero-order valence-corrected chi connectivity index (χ0v) is 14.0. The molecular weight excluding hydrogens is 306 g/mol. The average molecular weight is 329 g/mol. The number of ether oxygens (including phenoxy) is 2. The third kappa shape index (κ3) is 3.03. The molecular formula is C18H23N3O3. The van der Waals surface area contributed by atoms with Crippen molar-refractivity contribution in [2.24, 2.45) is 0 Å². The minimum Gasteiger partial charge on any atom is -0.497 e. The summed E-state index contributed by atoms with van der Waals surface area (Å²) in [4.78, 5) is 7.21. The number of likely N-dealkylation sites (tertiary alicyclic amines) is 1. The Hall–Kier alpha value is -1.92. The van der Waals surface area contributed by atoms with E-state index in [2.05, 4.69) is 15.0 Å². The molecule has 0 spiro atoms. The number of hydrogen-bond donors (Lipinski definition) is 0. The summed E-state index contributed by atoms with van der Waals surface area (Å²) in [5.41, 5.74) is 0.917. The summed E-state index contributed by atoms with van der Waals surface area (Å²) in [5, 5.41) is 4.19. The molecule has 0 amide bonds. The van der Waals surface area contributed by atoms with Gasteiger partial charge in [0.25, 0.3) is 0 Å². The Morgan fingerprint density at radius 3 is 2.92 bits per heavy atom. The van der Waals surface area contributed by atoms with Crippen LogP contribution in [0.4, 0.5) is 0 Å². The van der Waals surface area contributed by atoms with Gasteiger partial charge in [-0.1, -0.05) is 17.3 Å². The minimum atomic E-state index is 0.236. The van der Waals surface area contributed by atoms with Crippen molar-refractivity contribution < 1.29 is 14.0 Å². The molecule has 2 aliphatic rings. The topological polar surface area (TPSA) is 60.6 Å². The van der Waals surface area contributed by atoms with Gasteiger partial charge in [-0.2, -0.15) is 4.98 Å². The maximum absolute atomic E-state index is 5.62. The molecule has 128 valence electrons. The molecule has 2 aromatic rings. The lowest BCUT2D eigenvalue weighted by molar-refractivity contribution is 0.0243. The Morgan fingerprint density at radius 1 is 1.21 bits per heavy atom. The van der Waals surface area contributed by atoms with E-state index in [9.17, 15) is 0 Å². The largest absolute Gasteiger partial charge is 0.497 e. The molecule has 2 aliphatic heterocycles. The first kappa shape index (κ1) is 15.6. The van der Waals surface area contributed by atoms with Crippen molar-refractivity contribution in [3.8, 4) is 17.1 Å². The Balaban J connectivity index is 1.55. The molecule has 1 aromatic carbocycles. The zero-order chi connectivity index (χ0) is 16.4. The molecule has 3 heterocycles. The van der Waals surface area contributed by atoms with Crippen molar-refractivity contribution in [1.82, 2.24) is 15.0 Å². The lowest BCUT2D eigenvalue weighted by Crippen LogP contribution is -2.39. The predicted octanol–water partition coefficient (Wildman–Crippen LogP) is 3.06. The Kier molecular flexibility index (Phi) is 4.49. The van der Waals surface area contributed by atoms with Gasteiger partial charge >= 0.3 is 0 Å². The second kappa shape index (κ2) is 6.91. The van der Waals surface area contributed by atoms with E-state index in [0.29, 0.717) is 11.9 Å². The summed E-state index contributed by atoms with van der Waals surface area (Å²) in [6.07, 6.45) is 4.44. The van der Waals surface area contributed by atoms with Gasteiger partial charge < -0.3 is 14.0 Å². The molecule has 6 heteroatoms. The molecule has 2 fully saturated rings. The van der Waals surface area contributed by atoms with Crippen LogP contribution in [0.5, 0.6) is 5.75 Å². The highest BCUT2D eigenvalue weighted by atomic mass is 16.5. The number of hydrogen-bond acceptors (Lipinski definition) is 6. The van der Waals surface area contributed by atoms with Crippen LogP contribution in [-0.2, 0) is 4.74 Å². The molecule has 6 nitrogen and oxygen atoms in total. The van der Waals surface area contributed by atoms with Crippen LogP contribution >= 0.6 is 0 Å². The normalized spacial score (nSPS) is 22.8. The Bertz CT molecular complexity index is 682. The van der Waals surface area contributed by atoms with Gasteiger partial charge in [-0.15, -0.1) is 0 Å². The van der Waals surface area contributed by atoms with Crippen molar-refractivity contribution in [3.63, 3.8) is 0 Å². The first-order valence-corrected chi connectivity index (χ1v) is 8.66. The van der Waals surface area contributed by atoms with Crippen molar-refractivity contribution in [2.75, 3.05) is 26.9 Å².